The lowest BCUT2D eigenvalue weighted by atomic mass is 9.89. The first kappa shape index (κ1) is 13.9. The highest BCUT2D eigenvalue weighted by molar-refractivity contribution is 7.89. The summed E-state index contributed by atoms with van der Waals surface area (Å²) in [6, 6.07) is 6.07. The Kier molecular flexibility index (Phi) is 4.09. The third-order valence-electron chi connectivity index (χ3n) is 3.39. The summed E-state index contributed by atoms with van der Waals surface area (Å²) in [6.45, 7) is 2.08. The molecular weight excluding hydrogens is 262 g/mol. The zero-order valence-corrected chi connectivity index (χ0v) is 11.8. The molecule has 6 heteroatoms. The van der Waals surface area contributed by atoms with Gasteiger partial charge in [-0.05, 0) is 49.4 Å². The van der Waals surface area contributed by atoms with Crippen molar-refractivity contribution in [3.63, 3.8) is 0 Å². The zero-order valence-electron chi connectivity index (χ0n) is 11.0. The highest BCUT2D eigenvalue weighted by atomic mass is 32.2. The monoisotopic (exact) mass is 281 g/mol. The van der Waals surface area contributed by atoms with Gasteiger partial charge in [0.2, 0.25) is 0 Å². The molecule has 1 aromatic carbocycles. The smallest absolute Gasteiger partial charge is 0.276 e. The number of hydrazone groups is 1. The van der Waals surface area contributed by atoms with E-state index >= 15 is 0 Å². The summed E-state index contributed by atoms with van der Waals surface area (Å²) in [5, 5.41) is 4.08. The van der Waals surface area contributed by atoms with Crippen molar-refractivity contribution in [3.05, 3.63) is 24.3 Å². The molecule has 1 unspecified atom stereocenters. The fourth-order valence-electron chi connectivity index (χ4n) is 2.15. The number of anilines is 1. The molecule has 0 bridgehead atoms. The van der Waals surface area contributed by atoms with Gasteiger partial charge >= 0.3 is 0 Å². The van der Waals surface area contributed by atoms with Gasteiger partial charge in [0.05, 0.1) is 4.90 Å². The Balaban J connectivity index is 2.13. The van der Waals surface area contributed by atoms with Crippen LogP contribution in [0, 0.1) is 5.92 Å². The molecule has 0 aliphatic heterocycles. The summed E-state index contributed by atoms with van der Waals surface area (Å²) < 4.78 is 24.1. The second kappa shape index (κ2) is 5.61. The van der Waals surface area contributed by atoms with Crippen molar-refractivity contribution in [1.29, 1.82) is 0 Å². The Morgan fingerprint density at radius 3 is 2.58 bits per heavy atom. The fraction of sp³-hybridized carbons (Fsp3) is 0.462. The molecule has 5 nitrogen and oxygen atoms in total. The second-order valence-corrected chi connectivity index (χ2v) is 6.57. The Morgan fingerprint density at radius 1 is 1.26 bits per heavy atom. The first-order valence-electron chi connectivity index (χ1n) is 6.43. The molecule has 2 rings (SSSR count). The number of hydrogen-bond donors (Lipinski definition) is 2. The molecule has 0 spiro atoms. The van der Waals surface area contributed by atoms with Crippen molar-refractivity contribution in [1.82, 2.24) is 4.83 Å². The van der Waals surface area contributed by atoms with Crippen LogP contribution < -0.4 is 10.6 Å². The number of hydrogen-bond acceptors (Lipinski definition) is 4. The highest BCUT2D eigenvalue weighted by Gasteiger charge is 2.18. The largest absolute Gasteiger partial charge is 0.399 e. The quantitative estimate of drug-likeness (QED) is 0.657. The molecule has 104 valence electrons. The van der Waals surface area contributed by atoms with Crippen LogP contribution in [0.4, 0.5) is 5.69 Å². The van der Waals surface area contributed by atoms with Crippen LogP contribution in [0.1, 0.15) is 32.6 Å². The Labute approximate surface area is 113 Å². The van der Waals surface area contributed by atoms with Gasteiger partial charge < -0.3 is 5.73 Å². The topological polar surface area (TPSA) is 84.5 Å². The molecule has 1 aliphatic carbocycles. The molecule has 19 heavy (non-hydrogen) atoms. The van der Waals surface area contributed by atoms with E-state index in [-0.39, 0.29) is 4.90 Å². The van der Waals surface area contributed by atoms with Crippen LogP contribution in [0.25, 0.3) is 0 Å². The number of sulfonamides is 1. The SMILES string of the molecule is CC1CCCC/C1=N/NS(=O)(=O)c1ccc(N)cc1. The third-order valence-corrected chi connectivity index (χ3v) is 4.61. The van der Waals surface area contributed by atoms with Crippen LogP contribution in [-0.4, -0.2) is 14.1 Å². The third kappa shape index (κ3) is 3.47. The average Bonchev–Trinajstić information content (AvgIpc) is 2.38. The summed E-state index contributed by atoms with van der Waals surface area (Å²) in [5.41, 5.74) is 7.01. The molecule has 1 saturated carbocycles. The minimum atomic E-state index is -3.59. The van der Waals surface area contributed by atoms with Gasteiger partial charge in [0, 0.05) is 11.4 Å². The van der Waals surface area contributed by atoms with E-state index in [0.717, 1.165) is 25.0 Å². The Bertz CT molecular complexity index is 564. The zero-order chi connectivity index (χ0) is 13.9. The molecule has 0 aromatic heterocycles. The molecule has 1 atom stereocenters. The second-order valence-electron chi connectivity index (χ2n) is 4.91. The first-order valence-corrected chi connectivity index (χ1v) is 7.91. The summed E-state index contributed by atoms with van der Waals surface area (Å²) in [5.74, 6) is 0.350. The molecule has 3 N–H and O–H groups in total. The molecule has 0 saturated heterocycles. The van der Waals surface area contributed by atoms with Crippen molar-refractivity contribution in [2.45, 2.75) is 37.5 Å². The van der Waals surface area contributed by atoms with Gasteiger partial charge in [-0.2, -0.15) is 13.5 Å². The number of benzene rings is 1. The minimum Gasteiger partial charge on any atom is -0.399 e. The molecule has 0 amide bonds. The Hall–Kier alpha value is -1.56. The van der Waals surface area contributed by atoms with E-state index in [9.17, 15) is 8.42 Å². The lowest BCUT2D eigenvalue weighted by molar-refractivity contribution is 0.552. The maximum absolute atomic E-state index is 12.0. The fourth-order valence-corrected chi connectivity index (χ4v) is 2.99. The predicted octanol–water partition coefficient (Wildman–Crippen LogP) is 2.11. The predicted molar refractivity (Wildman–Crippen MR) is 76.2 cm³/mol. The van der Waals surface area contributed by atoms with Crippen molar-refractivity contribution in [3.8, 4) is 0 Å². The average molecular weight is 281 g/mol. The first-order chi connectivity index (χ1) is 8.99. The van der Waals surface area contributed by atoms with Crippen LogP contribution in [0.5, 0.6) is 0 Å². The maximum atomic E-state index is 12.0. The van der Waals surface area contributed by atoms with Gasteiger partial charge in [0.15, 0.2) is 0 Å². The molecule has 1 fully saturated rings. The normalized spacial score (nSPS) is 22.4. The number of nitrogens with one attached hydrogen (secondary N) is 1. The molecule has 1 aliphatic rings. The van der Waals surface area contributed by atoms with Gasteiger partial charge in [0.25, 0.3) is 10.0 Å². The van der Waals surface area contributed by atoms with Gasteiger partial charge in [-0.3, -0.25) is 0 Å². The number of nitrogen functional groups attached to an aromatic ring is 1. The van der Waals surface area contributed by atoms with Crippen LogP contribution in [-0.2, 0) is 10.0 Å². The highest BCUT2D eigenvalue weighted by Crippen LogP contribution is 2.21. The minimum absolute atomic E-state index is 0.175. The van der Waals surface area contributed by atoms with E-state index in [4.69, 9.17) is 5.73 Å². The van der Waals surface area contributed by atoms with Gasteiger partial charge in [-0.25, -0.2) is 4.83 Å². The van der Waals surface area contributed by atoms with Crippen molar-refractivity contribution in [2.24, 2.45) is 11.0 Å². The number of nitrogens with zero attached hydrogens (tertiary/aromatic N) is 1. The van der Waals surface area contributed by atoms with E-state index in [1.165, 1.54) is 18.6 Å². The van der Waals surface area contributed by atoms with E-state index in [2.05, 4.69) is 16.9 Å². The standard InChI is InChI=1S/C13H19N3O2S/c1-10-4-2-3-5-13(10)15-16-19(17,18)12-8-6-11(14)7-9-12/h6-10,16H,2-5,14H2,1H3/b15-13-. The lowest BCUT2D eigenvalue weighted by Crippen LogP contribution is -2.24. The molecule has 0 radical (unpaired) electrons. The van der Waals surface area contributed by atoms with Gasteiger partial charge in [-0.1, -0.05) is 13.3 Å². The summed E-state index contributed by atoms with van der Waals surface area (Å²) in [4.78, 5) is 2.49. The van der Waals surface area contributed by atoms with E-state index in [1.54, 1.807) is 12.1 Å². The van der Waals surface area contributed by atoms with Crippen LogP contribution in [0.2, 0.25) is 0 Å². The van der Waals surface area contributed by atoms with Crippen LogP contribution in [0.15, 0.2) is 34.3 Å². The van der Waals surface area contributed by atoms with E-state index < -0.39 is 10.0 Å². The Morgan fingerprint density at radius 2 is 1.95 bits per heavy atom. The molecular formula is C13H19N3O2S. The summed E-state index contributed by atoms with van der Waals surface area (Å²) in [7, 11) is -3.59. The van der Waals surface area contributed by atoms with E-state index in [1.807, 2.05) is 0 Å². The van der Waals surface area contributed by atoms with Crippen molar-refractivity contribution in [2.75, 3.05) is 5.73 Å². The van der Waals surface area contributed by atoms with Crippen LogP contribution in [0.3, 0.4) is 0 Å². The van der Waals surface area contributed by atoms with Gasteiger partial charge in [-0.15, -0.1) is 0 Å². The number of nitrogens with two attached hydrogens (primary N) is 1. The lowest BCUT2D eigenvalue weighted by Gasteiger charge is -2.19. The molecule has 0 heterocycles. The van der Waals surface area contributed by atoms with Crippen LogP contribution >= 0.6 is 0 Å². The van der Waals surface area contributed by atoms with E-state index in [0.29, 0.717) is 11.6 Å². The summed E-state index contributed by atoms with van der Waals surface area (Å²) in [6.07, 6.45) is 4.20. The number of rotatable bonds is 3. The van der Waals surface area contributed by atoms with Crippen molar-refractivity contribution >= 4 is 21.4 Å². The molecule has 1 aromatic rings. The summed E-state index contributed by atoms with van der Waals surface area (Å²) >= 11 is 0. The van der Waals surface area contributed by atoms with Crippen molar-refractivity contribution < 1.29 is 8.42 Å². The maximum Gasteiger partial charge on any atom is 0.276 e. The van der Waals surface area contributed by atoms with Gasteiger partial charge in [0.1, 0.15) is 0 Å².